The molecule has 15 heavy (non-hydrogen) atoms. The Hall–Kier alpha value is -1.19. The number of benzene rings is 1. The van der Waals surface area contributed by atoms with Crippen molar-refractivity contribution in [3.8, 4) is 0 Å². The largest absolute Gasteiger partial charge is 0.478 e. The molecule has 0 radical (unpaired) electrons. The van der Waals surface area contributed by atoms with Gasteiger partial charge in [-0.25, -0.2) is 4.79 Å². The third kappa shape index (κ3) is 4.23. The van der Waals surface area contributed by atoms with Crippen LogP contribution in [-0.4, -0.2) is 17.6 Å². The van der Waals surface area contributed by atoms with Gasteiger partial charge < -0.3 is 10.4 Å². The third-order valence-corrected chi connectivity index (χ3v) is 2.15. The maximum Gasteiger partial charge on any atom is 0.328 e. The first-order valence-electron chi connectivity index (χ1n) is 4.18. The van der Waals surface area contributed by atoms with Crippen LogP contribution >= 0.6 is 23.2 Å². The Morgan fingerprint density at radius 2 is 2.20 bits per heavy atom. The Bertz CT molecular complexity index is 391. The number of rotatable bonds is 4. The first kappa shape index (κ1) is 11.9. The molecule has 80 valence electrons. The van der Waals surface area contributed by atoms with Crippen LogP contribution in [0.5, 0.6) is 0 Å². The van der Waals surface area contributed by atoms with Gasteiger partial charge in [-0.15, -0.1) is 0 Å². The number of carboxylic acids is 1. The number of halogens is 2. The fourth-order valence-corrected chi connectivity index (χ4v) is 1.44. The van der Waals surface area contributed by atoms with Crippen LogP contribution in [-0.2, 0) is 4.79 Å². The molecule has 0 unspecified atom stereocenters. The van der Waals surface area contributed by atoms with Gasteiger partial charge >= 0.3 is 5.97 Å². The van der Waals surface area contributed by atoms with Crippen molar-refractivity contribution >= 4 is 34.9 Å². The average Bonchev–Trinajstić information content (AvgIpc) is 2.14. The molecule has 0 saturated heterocycles. The van der Waals surface area contributed by atoms with Crippen LogP contribution in [0.25, 0.3) is 0 Å². The van der Waals surface area contributed by atoms with E-state index in [9.17, 15) is 4.79 Å². The summed E-state index contributed by atoms with van der Waals surface area (Å²) in [7, 11) is 0. The van der Waals surface area contributed by atoms with Gasteiger partial charge in [0.1, 0.15) is 0 Å². The molecule has 5 heteroatoms. The van der Waals surface area contributed by atoms with E-state index < -0.39 is 5.97 Å². The van der Waals surface area contributed by atoms with E-state index in [1.54, 1.807) is 18.2 Å². The second-order valence-corrected chi connectivity index (χ2v) is 3.59. The molecule has 0 atom stereocenters. The summed E-state index contributed by atoms with van der Waals surface area (Å²) in [6.07, 6.45) is 2.56. The van der Waals surface area contributed by atoms with Gasteiger partial charge in [0.05, 0.1) is 10.7 Å². The number of carbonyl (C=O) groups is 1. The fourth-order valence-electron chi connectivity index (χ4n) is 0.961. The zero-order valence-corrected chi connectivity index (χ0v) is 9.22. The van der Waals surface area contributed by atoms with Gasteiger partial charge in [-0.1, -0.05) is 29.3 Å². The molecule has 0 amide bonds. The van der Waals surface area contributed by atoms with Crippen molar-refractivity contribution in [3.05, 3.63) is 40.4 Å². The lowest BCUT2D eigenvalue weighted by Gasteiger charge is -2.05. The molecule has 0 aromatic heterocycles. The molecule has 0 spiro atoms. The number of hydrogen-bond donors (Lipinski definition) is 2. The highest BCUT2D eigenvalue weighted by atomic mass is 35.5. The molecule has 0 saturated carbocycles. The number of hydrogen-bond acceptors (Lipinski definition) is 2. The summed E-state index contributed by atoms with van der Waals surface area (Å²) in [5.41, 5.74) is 0.719. The number of nitrogens with one attached hydrogen (secondary N) is 1. The van der Waals surface area contributed by atoms with Crippen LogP contribution in [0.1, 0.15) is 0 Å². The van der Waals surface area contributed by atoms with Crippen molar-refractivity contribution in [2.45, 2.75) is 0 Å². The van der Waals surface area contributed by atoms with E-state index in [0.29, 0.717) is 16.6 Å². The highest BCUT2D eigenvalue weighted by Crippen LogP contribution is 2.24. The SMILES string of the molecule is O=C(O)/C=C/CNc1ccc(Cl)cc1Cl. The molecule has 1 rings (SSSR count). The first-order chi connectivity index (χ1) is 7.09. The van der Waals surface area contributed by atoms with Gasteiger partial charge in [0.2, 0.25) is 0 Å². The average molecular weight is 246 g/mol. The molecule has 3 nitrogen and oxygen atoms in total. The minimum atomic E-state index is -0.973. The van der Waals surface area contributed by atoms with E-state index in [-0.39, 0.29) is 0 Å². The molecule has 2 N–H and O–H groups in total. The lowest BCUT2D eigenvalue weighted by molar-refractivity contribution is -0.131. The van der Waals surface area contributed by atoms with Gasteiger partial charge in [-0.2, -0.15) is 0 Å². The summed E-state index contributed by atoms with van der Waals surface area (Å²) in [6.45, 7) is 0.396. The number of anilines is 1. The quantitative estimate of drug-likeness (QED) is 0.802. The molecule has 1 aromatic rings. The highest BCUT2D eigenvalue weighted by molar-refractivity contribution is 6.36. The fraction of sp³-hybridized carbons (Fsp3) is 0.100. The molecule has 1 aromatic carbocycles. The normalized spacial score (nSPS) is 10.5. The lowest BCUT2D eigenvalue weighted by Crippen LogP contribution is -1.99. The predicted octanol–water partition coefficient (Wildman–Crippen LogP) is 3.05. The molecule has 0 aliphatic heterocycles. The molecule has 0 heterocycles. The van der Waals surface area contributed by atoms with Gasteiger partial charge in [0, 0.05) is 17.6 Å². The standard InChI is InChI=1S/C10H9Cl2NO2/c11-7-3-4-9(8(12)6-7)13-5-1-2-10(14)15/h1-4,6,13H,5H2,(H,14,15)/b2-1+. The minimum absolute atomic E-state index is 0.396. The lowest BCUT2D eigenvalue weighted by atomic mass is 10.3. The van der Waals surface area contributed by atoms with Crippen molar-refractivity contribution < 1.29 is 9.90 Å². The van der Waals surface area contributed by atoms with Crippen LogP contribution in [0.15, 0.2) is 30.4 Å². The first-order valence-corrected chi connectivity index (χ1v) is 4.93. The second kappa shape index (κ2) is 5.63. The Balaban J connectivity index is 2.54. The van der Waals surface area contributed by atoms with E-state index in [0.717, 1.165) is 11.8 Å². The highest BCUT2D eigenvalue weighted by Gasteiger charge is 1.98. The maximum atomic E-state index is 10.2. The number of carboxylic acid groups (broad SMARTS) is 1. The van der Waals surface area contributed by atoms with E-state index in [1.165, 1.54) is 6.08 Å². The molecular weight excluding hydrogens is 237 g/mol. The topological polar surface area (TPSA) is 49.3 Å². The zero-order chi connectivity index (χ0) is 11.3. The summed E-state index contributed by atoms with van der Waals surface area (Å²) >= 11 is 11.6. The maximum absolute atomic E-state index is 10.2. The second-order valence-electron chi connectivity index (χ2n) is 2.75. The van der Waals surface area contributed by atoms with Crippen LogP contribution in [0.2, 0.25) is 10.0 Å². The van der Waals surface area contributed by atoms with Crippen molar-refractivity contribution in [1.82, 2.24) is 0 Å². The van der Waals surface area contributed by atoms with E-state index in [2.05, 4.69) is 5.32 Å². The summed E-state index contributed by atoms with van der Waals surface area (Å²) < 4.78 is 0. The van der Waals surface area contributed by atoms with Gasteiger partial charge in [-0.05, 0) is 18.2 Å². The summed E-state index contributed by atoms with van der Waals surface area (Å²) in [5.74, 6) is -0.973. The van der Waals surface area contributed by atoms with Crippen molar-refractivity contribution in [2.75, 3.05) is 11.9 Å². The van der Waals surface area contributed by atoms with Gasteiger partial charge in [0.15, 0.2) is 0 Å². The van der Waals surface area contributed by atoms with E-state index in [4.69, 9.17) is 28.3 Å². The monoisotopic (exact) mass is 245 g/mol. The Labute approximate surface area is 97.3 Å². The molecule has 0 fully saturated rings. The Kier molecular flexibility index (Phi) is 4.46. The van der Waals surface area contributed by atoms with E-state index >= 15 is 0 Å². The van der Waals surface area contributed by atoms with Crippen LogP contribution in [0.3, 0.4) is 0 Å². The van der Waals surface area contributed by atoms with E-state index in [1.807, 2.05) is 0 Å². The molecule has 0 aliphatic rings. The summed E-state index contributed by atoms with van der Waals surface area (Å²) in [4.78, 5) is 10.2. The van der Waals surface area contributed by atoms with Crippen molar-refractivity contribution in [1.29, 1.82) is 0 Å². The van der Waals surface area contributed by atoms with Gasteiger partial charge in [-0.3, -0.25) is 0 Å². The number of aliphatic carboxylic acids is 1. The molecular formula is C10H9Cl2NO2. The predicted molar refractivity (Wildman–Crippen MR) is 61.7 cm³/mol. The van der Waals surface area contributed by atoms with Crippen LogP contribution in [0.4, 0.5) is 5.69 Å². The zero-order valence-electron chi connectivity index (χ0n) is 7.71. The van der Waals surface area contributed by atoms with Crippen molar-refractivity contribution in [3.63, 3.8) is 0 Å². The molecule has 0 bridgehead atoms. The minimum Gasteiger partial charge on any atom is -0.478 e. The molecule has 0 aliphatic carbocycles. The summed E-state index contributed by atoms with van der Waals surface area (Å²) in [6, 6.07) is 5.06. The Morgan fingerprint density at radius 3 is 2.80 bits per heavy atom. The van der Waals surface area contributed by atoms with Crippen LogP contribution < -0.4 is 5.32 Å². The van der Waals surface area contributed by atoms with Gasteiger partial charge in [0.25, 0.3) is 0 Å². The Morgan fingerprint density at radius 1 is 1.47 bits per heavy atom. The van der Waals surface area contributed by atoms with Crippen molar-refractivity contribution in [2.24, 2.45) is 0 Å². The summed E-state index contributed by atoms with van der Waals surface area (Å²) in [5, 5.41) is 12.4. The third-order valence-electron chi connectivity index (χ3n) is 1.60. The smallest absolute Gasteiger partial charge is 0.328 e. The van der Waals surface area contributed by atoms with Crippen LogP contribution in [0, 0.1) is 0 Å².